The Kier molecular flexibility index (Phi) is 8.56. The Bertz CT molecular complexity index is 1320. The molecule has 10 nitrogen and oxygen atoms in total. The third-order valence-corrected chi connectivity index (χ3v) is 8.97. The molecule has 0 aliphatic carbocycles. The van der Waals surface area contributed by atoms with Crippen LogP contribution in [0.3, 0.4) is 0 Å². The lowest BCUT2D eigenvalue weighted by Gasteiger charge is -2.38. The number of halogens is 1. The Morgan fingerprint density at radius 1 is 1.19 bits per heavy atom. The fourth-order valence-electron chi connectivity index (χ4n) is 3.72. The van der Waals surface area contributed by atoms with Crippen LogP contribution in [0.5, 0.6) is 5.75 Å². The highest BCUT2D eigenvalue weighted by Crippen LogP contribution is 2.31. The standard InChI is InChI=1S/C23H30ClN3O7S2/c1-15-12-27(16(2)14-28)23(29)20-11-18(25-36(32,33)19-8-5-17(24)6-9-19)7-10-21(20)34-22(15)13-26(3)35(4,30)31/h5-11,15-16,22,25,28H,12-14H2,1-4H3/t15-,16-,22+/m0/s1. The van der Waals surface area contributed by atoms with Crippen LogP contribution in [0.15, 0.2) is 47.4 Å². The largest absolute Gasteiger partial charge is 0.488 e. The average Bonchev–Trinajstić information content (AvgIpc) is 2.80. The van der Waals surface area contributed by atoms with E-state index in [0.29, 0.717) is 5.02 Å². The summed E-state index contributed by atoms with van der Waals surface area (Å²) in [5, 5.41) is 10.1. The smallest absolute Gasteiger partial charge is 0.261 e. The predicted molar refractivity (Wildman–Crippen MR) is 137 cm³/mol. The third-order valence-electron chi connectivity index (χ3n) is 6.04. The minimum atomic E-state index is -3.96. The zero-order valence-electron chi connectivity index (χ0n) is 20.4. The minimum Gasteiger partial charge on any atom is -0.488 e. The highest BCUT2D eigenvalue weighted by atomic mass is 35.5. The summed E-state index contributed by atoms with van der Waals surface area (Å²) in [6.07, 6.45) is 0.485. The summed E-state index contributed by atoms with van der Waals surface area (Å²) in [5.74, 6) is -0.535. The van der Waals surface area contributed by atoms with E-state index in [1.54, 1.807) is 6.92 Å². The molecule has 0 saturated carbocycles. The van der Waals surface area contributed by atoms with Crippen molar-refractivity contribution in [2.24, 2.45) is 5.92 Å². The van der Waals surface area contributed by atoms with Crippen LogP contribution in [0.4, 0.5) is 5.69 Å². The van der Waals surface area contributed by atoms with Gasteiger partial charge in [0.15, 0.2) is 0 Å². The molecule has 0 bridgehead atoms. The predicted octanol–water partition coefficient (Wildman–Crippen LogP) is 2.25. The zero-order valence-corrected chi connectivity index (χ0v) is 22.8. The lowest BCUT2D eigenvalue weighted by Crippen LogP contribution is -2.50. The average molecular weight is 560 g/mol. The summed E-state index contributed by atoms with van der Waals surface area (Å²) >= 11 is 5.85. The molecule has 198 valence electrons. The Balaban J connectivity index is 2.01. The number of hydrogen-bond acceptors (Lipinski definition) is 7. The summed E-state index contributed by atoms with van der Waals surface area (Å²) in [6.45, 7) is 3.48. The second-order valence-electron chi connectivity index (χ2n) is 8.94. The molecule has 1 amide bonds. The van der Waals surface area contributed by atoms with Crippen molar-refractivity contribution in [3.8, 4) is 5.75 Å². The molecule has 1 heterocycles. The molecular weight excluding hydrogens is 530 g/mol. The SMILES string of the molecule is C[C@H]1CN([C@@H](C)CO)C(=O)c2cc(NS(=O)(=O)c3ccc(Cl)cc3)ccc2O[C@@H]1CN(C)S(C)(=O)=O. The van der Waals surface area contributed by atoms with E-state index >= 15 is 0 Å². The number of benzene rings is 2. The van der Waals surface area contributed by atoms with Gasteiger partial charge in [-0.25, -0.2) is 21.1 Å². The highest BCUT2D eigenvalue weighted by molar-refractivity contribution is 7.92. The van der Waals surface area contributed by atoms with Crippen LogP contribution in [0.25, 0.3) is 0 Å². The maximum absolute atomic E-state index is 13.5. The lowest BCUT2D eigenvalue weighted by molar-refractivity contribution is 0.0387. The highest BCUT2D eigenvalue weighted by Gasteiger charge is 2.34. The van der Waals surface area contributed by atoms with Gasteiger partial charge in [0.2, 0.25) is 10.0 Å². The Morgan fingerprint density at radius 2 is 1.83 bits per heavy atom. The number of ether oxygens (including phenoxy) is 1. The van der Waals surface area contributed by atoms with E-state index in [2.05, 4.69) is 4.72 Å². The van der Waals surface area contributed by atoms with E-state index in [1.807, 2.05) is 6.92 Å². The number of likely N-dealkylation sites (N-methyl/N-ethyl adjacent to an activating group) is 1. The number of rotatable bonds is 8. The zero-order chi connectivity index (χ0) is 26.8. The van der Waals surface area contributed by atoms with Crippen molar-refractivity contribution in [2.45, 2.75) is 30.9 Å². The van der Waals surface area contributed by atoms with Gasteiger partial charge < -0.3 is 14.7 Å². The molecule has 1 aliphatic heterocycles. The molecule has 0 fully saturated rings. The van der Waals surface area contributed by atoms with Gasteiger partial charge in [0.05, 0.1) is 35.9 Å². The maximum atomic E-state index is 13.5. The van der Waals surface area contributed by atoms with E-state index in [0.717, 1.165) is 6.26 Å². The number of aliphatic hydroxyl groups is 1. The van der Waals surface area contributed by atoms with Gasteiger partial charge in [-0.3, -0.25) is 9.52 Å². The van der Waals surface area contributed by atoms with Gasteiger partial charge in [0.1, 0.15) is 11.9 Å². The number of aliphatic hydroxyl groups excluding tert-OH is 1. The molecule has 2 aromatic rings. The number of hydrogen-bond donors (Lipinski definition) is 2. The van der Waals surface area contributed by atoms with E-state index in [1.165, 1.54) is 58.7 Å². The summed E-state index contributed by atoms with van der Waals surface area (Å²) in [5.41, 5.74) is 0.223. The number of carbonyl (C=O) groups is 1. The monoisotopic (exact) mass is 559 g/mol. The van der Waals surface area contributed by atoms with Gasteiger partial charge >= 0.3 is 0 Å². The van der Waals surface area contributed by atoms with Crippen LogP contribution in [-0.4, -0.2) is 82.2 Å². The fraction of sp³-hybridized carbons (Fsp3) is 0.435. The van der Waals surface area contributed by atoms with Crippen LogP contribution < -0.4 is 9.46 Å². The fourth-order valence-corrected chi connectivity index (χ4v) is 5.31. The normalized spacial score (nSPS) is 19.8. The van der Waals surface area contributed by atoms with Crippen molar-refractivity contribution in [3.63, 3.8) is 0 Å². The van der Waals surface area contributed by atoms with E-state index in [4.69, 9.17) is 16.3 Å². The molecule has 36 heavy (non-hydrogen) atoms. The lowest BCUT2D eigenvalue weighted by atomic mass is 9.99. The van der Waals surface area contributed by atoms with E-state index in [9.17, 15) is 26.7 Å². The number of carbonyl (C=O) groups excluding carboxylic acids is 1. The number of amides is 1. The van der Waals surface area contributed by atoms with Crippen LogP contribution in [-0.2, 0) is 20.0 Å². The number of sulfonamides is 2. The van der Waals surface area contributed by atoms with Crippen LogP contribution in [0.1, 0.15) is 24.2 Å². The van der Waals surface area contributed by atoms with Crippen molar-refractivity contribution in [1.82, 2.24) is 9.21 Å². The first-order chi connectivity index (χ1) is 16.7. The molecule has 0 aromatic heterocycles. The molecule has 2 N–H and O–H groups in total. The molecule has 3 rings (SSSR count). The molecule has 0 saturated heterocycles. The van der Waals surface area contributed by atoms with Gasteiger partial charge in [0.25, 0.3) is 15.9 Å². The molecule has 0 unspecified atom stereocenters. The number of fused-ring (bicyclic) bond motifs is 1. The molecule has 1 aliphatic rings. The molecule has 0 radical (unpaired) electrons. The minimum absolute atomic E-state index is 0.00514. The quantitative estimate of drug-likeness (QED) is 0.506. The first-order valence-corrected chi connectivity index (χ1v) is 14.9. The first kappa shape index (κ1) is 28.2. The molecule has 2 aromatic carbocycles. The second-order valence-corrected chi connectivity index (χ2v) is 13.1. The Hall–Kier alpha value is -2.38. The number of nitrogens with zero attached hydrogens (tertiary/aromatic N) is 2. The van der Waals surface area contributed by atoms with Gasteiger partial charge in [-0.05, 0) is 49.4 Å². The van der Waals surface area contributed by atoms with Crippen molar-refractivity contribution < 1.29 is 31.5 Å². The number of anilines is 1. The van der Waals surface area contributed by atoms with E-state index in [-0.39, 0.29) is 47.5 Å². The van der Waals surface area contributed by atoms with Crippen molar-refractivity contribution in [3.05, 3.63) is 53.1 Å². The Morgan fingerprint density at radius 3 is 2.42 bits per heavy atom. The topological polar surface area (TPSA) is 133 Å². The summed E-state index contributed by atoms with van der Waals surface area (Å²) in [6, 6.07) is 9.41. The first-order valence-electron chi connectivity index (χ1n) is 11.1. The van der Waals surface area contributed by atoms with Crippen LogP contribution in [0.2, 0.25) is 5.02 Å². The van der Waals surface area contributed by atoms with Crippen molar-refractivity contribution in [2.75, 3.05) is 37.7 Å². The van der Waals surface area contributed by atoms with Gasteiger partial charge in [-0.2, -0.15) is 0 Å². The summed E-state index contributed by atoms with van der Waals surface area (Å²) in [7, 11) is -6.00. The van der Waals surface area contributed by atoms with Gasteiger partial charge in [-0.1, -0.05) is 18.5 Å². The Labute approximate surface area is 216 Å². The van der Waals surface area contributed by atoms with E-state index < -0.39 is 38.1 Å². The third kappa shape index (κ3) is 6.48. The second kappa shape index (κ2) is 10.9. The molecule has 0 spiro atoms. The van der Waals surface area contributed by atoms with Gasteiger partial charge in [-0.15, -0.1) is 0 Å². The summed E-state index contributed by atoms with van der Waals surface area (Å²) < 4.78 is 59.4. The number of nitrogens with one attached hydrogen (secondary N) is 1. The molecule has 3 atom stereocenters. The van der Waals surface area contributed by atoms with Crippen molar-refractivity contribution >= 4 is 43.2 Å². The molecular formula is C23H30ClN3O7S2. The van der Waals surface area contributed by atoms with Crippen LogP contribution >= 0.6 is 11.6 Å². The molecule has 13 heteroatoms. The van der Waals surface area contributed by atoms with Crippen molar-refractivity contribution in [1.29, 1.82) is 0 Å². The van der Waals surface area contributed by atoms with Crippen LogP contribution in [0, 0.1) is 5.92 Å². The van der Waals surface area contributed by atoms with Gasteiger partial charge in [0, 0.05) is 30.2 Å². The summed E-state index contributed by atoms with van der Waals surface area (Å²) in [4.78, 5) is 15.0. The maximum Gasteiger partial charge on any atom is 0.261 e.